The fourth-order valence-corrected chi connectivity index (χ4v) is 19.9. The van der Waals surface area contributed by atoms with Crippen LogP contribution in [-0.2, 0) is 63.6 Å². The first-order chi connectivity index (χ1) is 67.8. The predicted molar refractivity (Wildman–Crippen MR) is 544 cm³/mol. The number of likely N-dealkylation sites (tertiary alicyclic amines) is 4. The summed E-state index contributed by atoms with van der Waals surface area (Å²) in [5.74, 6) is 1.97. The van der Waals surface area contributed by atoms with Crippen molar-refractivity contribution in [3.63, 3.8) is 0 Å². The van der Waals surface area contributed by atoms with Gasteiger partial charge in [-0.3, -0.25) is 4.98 Å². The summed E-state index contributed by atoms with van der Waals surface area (Å²) in [6.45, 7) is 54.1. The lowest BCUT2D eigenvalue weighted by molar-refractivity contribution is -0.0000772. The Morgan fingerprint density at radius 3 is 1.27 bits per heavy atom. The molecule has 6 aromatic heterocycles. The van der Waals surface area contributed by atoms with E-state index in [1.165, 1.54) is 40.9 Å². The summed E-state index contributed by atoms with van der Waals surface area (Å²) >= 11 is 0. The summed E-state index contributed by atoms with van der Waals surface area (Å²) in [5, 5.41) is 29.6. The molecule has 0 bridgehead atoms. The number of ether oxygens (including phenoxy) is 5. The Labute approximate surface area is 849 Å². The van der Waals surface area contributed by atoms with E-state index >= 15 is 0 Å². The topological polar surface area (TPSA) is 412 Å². The standard InChI is InChI=1S/C28H27N5O4S.C20H21N5O2S.C19H28N2O4.C18H24N6O.C14H20N2O2.C5H9NO.HI/c1-3-21-17-32(28(34)37-19-20-10-6-4-7-11-20)18-25(21)31-26-23-14-15-33(27(23)30-16-24(26)29-2)38(35,36)22-12-8-5-9-13-22;1-3-14-11-22-12-17(14)24-19-16-9-10-25(20(16)23-13-18(19)21-2)28(26,27)15-7-5-4-6-8-15;1-5-15-11-21(12-16(15)20-17(22)25-19(2,3)4)18(23)24-13-14-9-7-6-8-10-14;1-5-12-9-24(18(25)22-11(2)3)10-15(12)23-16-13-6-7-20-17(13)21-8-14(16)19-4;1-2-12-8-16(9-13(12)15)14(17)18-10-11-6-4-3-5-7-11;1-5(2)3-7-4-6;/h4-16,21,25H,3,17-19H2,1H3,(H,30,31);4-10,13-14,17,22H,3,11-12H2,1H3,(H,23,24);6-10,15-16H,5,11-13H2,1-4H3,(H,20,22);6-8,11-12,15H,5,9-10H2,1-3H3,(H,22,25)(H2,20,21,23);3-7,12-13H,2,8-10,15H2,1H3;5H,3H2,1-2H3;1H/p-1/t21-,25+;14-,17+;15-,16+;12-,15+;12-,13+;;/m11111../s1. The van der Waals surface area contributed by atoms with Gasteiger partial charge >= 0.3 is 30.4 Å². The van der Waals surface area contributed by atoms with Crippen LogP contribution in [0.15, 0.2) is 217 Å². The Morgan fingerprint density at radius 2 is 0.873 bits per heavy atom. The van der Waals surface area contributed by atoms with E-state index in [1.807, 2.05) is 164 Å². The lowest BCUT2D eigenvalue weighted by Crippen LogP contribution is -3.00. The molecule has 5 aromatic carbocycles. The number of hydrogen-bond donors (Lipinski definition) is 8. The van der Waals surface area contributed by atoms with Crippen molar-refractivity contribution in [2.24, 2.45) is 41.2 Å². The molecule has 10 atom stereocenters. The van der Waals surface area contributed by atoms with Gasteiger partial charge in [0.1, 0.15) is 37.7 Å². The van der Waals surface area contributed by atoms with E-state index in [2.05, 4.69) is 98.8 Å². The van der Waals surface area contributed by atoms with Crippen LogP contribution >= 0.6 is 0 Å². The number of amides is 6. The van der Waals surface area contributed by atoms with Crippen molar-refractivity contribution in [2.45, 2.75) is 187 Å². The Bertz CT molecular complexity index is 6410. The molecule has 5 aliphatic rings. The van der Waals surface area contributed by atoms with E-state index in [9.17, 15) is 40.8 Å². The van der Waals surface area contributed by atoms with Gasteiger partial charge < -0.3 is 110 Å². The number of carbonyl (C=O) groups excluding carboxylic acids is 5. The van der Waals surface area contributed by atoms with Gasteiger partial charge in [-0.2, -0.15) is 5.26 Å². The number of alkyl carbamates (subject to hydrolysis) is 1. The predicted octanol–water partition coefficient (Wildman–Crippen LogP) is 15.6. The van der Waals surface area contributed by atoms with Crippen LogP contribution < -0.4 is 61.6 Å². The summed E-state index contributed by atoms with van der Waals surface area (Å²) in [7, 11) is -7.64. The molecular formula is C104H129IN21O14S2-. The Balaban J connectivity index is 0.000000182. The lowest BCUT2D eigenvalue weighted by Gasteiger charge is -2.23. The molecule has 754 valence electrons. The highest BCUT2D eigenvalue weighted by molar-refractivity contribution is 7.90. The second-order valence-corrected chi connectivity index (χ2v) is 40.4. The maximum absolute atomic E-state index is 13.3. The minimum Gasteiger partial charge on any atom is -1.00 e. The number of aromatic nitrogens is 6. The number of nitrogens with two attached hydrogens (primary N) is 1. The van der Waals surface area contributed by atoms with Gasteiger partial charge in [-0.05, 0) is 149 Å². The molecule has 5 saturated heterocycles. The molecule has 35 nitrogen and oxygen atoms in total. The molecule has 0 radical (unpaired) electrons. The van der Waals surface area contributed by atoms with Crippen LogP contribution in [0, 0.1) is 66.7 Å². The van der Waals surface area contributed by atoms with Gasteiger partial charge in [-0.15, -0.1) is 0 Å². The average Bonchev–Trinajstić information content (AvgIpc) is 1.61. The van der Waals surface area contributed by atoms with Gasteiger partial charge in [-0.1, -0.05) is 189 Å². The number of urea groups is 1. The third-order valence-corrected chi connectivity index (χ3v) is 28.2. The molecule has 11 aromatic rings. The minimum atomic E-state index is -3.87. The fraction of sp³-hybridized carbons (Fsp3) is 0.423. The van der Waals surface area contributed by atoms with E-state index in [-0.39, 0.29) is 131 Å². The molecular weight excluding hydrogens is 1960 g/mol. The Kier molecular flexibility index (Phi) is 40.9. The summed E-state index contributed by atoms with van der Waals surface area (Å²) in [5.41, 5.74) is 12.7. The molecule has 0 unspecified atom stereocenters. The van der Waals surface area contributed by atoms with Crippen molar-refractivity contribution in [1.29, 1.82) is 5.26 Å². The van der Waals surface area contributed by atoms with Gasteiger partial charge in [0, 0.05) is 149 Å². The van der Waals surface area contributed by atoms with Crippen LogP contribution in [0.1, 0.15) is 132 Å². The molecule has 9 N–H and O–H groups in total. The molecule has 142 heavy (non-hydrogen) atoms. The van der Waals surface area contributed by atoms with Crippen LogP contribution in [-0.4, -0.2) is 209 Å². The number of nitrogens with one attached hydrogen (secondary N) is 7. The third-order valence-electron chi connectivity index (χ3n) is 24.9. The lowest BCUT2D eigenvalue weighted by atomic mass is 10.0. The first-order valence-electron chi connectivity index (χ1n) is 47.7. The number of hydrogen-bond acceptors (Lipinski definition) is 23. The molecule has 5 fully saturated rings. The van der Waals surface area contributed by atoms with Crippen LogP contribution in [0.2, 0.25) is 0 Å². The maximum Gasteiger partial charge on any atom is 0.410 e. The SMILES string of the molecule is CC(C)COC#N.CC[C@@H]1CN(C(=O)OCc2ccccc2)C[C@@H]1N.CC[C@@H]1CN(C(=O)OCc2ccccc2)C[C@@H]1NC(=O)OC(C)(C)C.[C-]#[N+]c1cnc2[nH]ccc2c1N[C@H]1CN(C(=O)NC(C)C)C[C@H]1CC.[C-]#[N+]c1cnc2c(ccn2S(=O)(=O)c2ccccc2)c1N[C@H]1CN(C(=O)OCc2ccccc2)C[C@H]1CC.[C-]#[N+]c1cnc2c(ccn2S(=O)(=O)c2ccccc2)c1N[C@H]1CNC[C@H]1CC.[I-]. The molecule has 0 saturated carbocycles. The van der Waals surface area contributed by atoms with Crippen LogP contribution in [0.3, 0.4) is 0 Å². The molecule has 5 aliphatic heterocycles. The maximum atomic E-state index is 13.3. The number of halogens is 1. The van der Waals surface area contributed by atoms with Crippen molar-refractivity contribution < 1.29 is 88.5 Å². The zero-order chi connectivity index (χ0) is 102. The summed E-state index contributed by atoms with van der Waals surface area (Å²) in [6.07, 6.45) is 14.0. The zero-order valence-electron chi connectivity index (χ0n) is 82.3. The highest BCUT2D eigenvalue weighted by Crippen LogP contribution is 2.41. The second-order valence-electron chi connectivity index (χ2n) is 36.8. The van der Waals surface area contributed by atoms with E-state index < -0.39 is 31.7 Å². The number of nitriles is 1. The van der Waals surface area contributed by atoms with Crippen molar-refractivity contribution >= 4 is 118 Å². The quantitative estimate of drug-likeness (QED) is 0.0114. The fourth-order valence-electron chi connectivity index (χ4n) is 17.2. The van der Waals surface area contributed by atoms with E-state index in [0.29, 0.717) is 122 Å². The highest BCUT2D eigenvalue weighted by atomic mass is 127. The van der Waals surface area contributed by atoms with E-state index in [0.717, 1.165) is 89.1 Å². The number of anilines is 3. The number of H-pyrrole nitrogens is 1. The number of carbonyl (C=O) groups is 5. The van der Waals surface area contributed by atoms with E-state index in [4.69, 9.17) is 49.7 Å². The second kappa shape index (κ2) is 52.6. The number of fused-ring (bicyclic) bond motifs is 3. The molecule has 0 aliphatic carbocycles. The summed E-state index contributed by atoms with van der Waals surface area (Å²) < 4.78 is 80.9. The number of pyridine rings is 3. The van der Waals surface area contributed by atoms with Gasteiger partial charge in [0.25, 0.3) is 26.3 Å². The van der Waals surface area contributed by atoms with Gasteiger partial charge in [-0.25, -0.2) is 73.3 Å². The van der Waals surface area contributed by atoms with Crippen LogP contribution in [0.25, 0.3) is 47.6 Å². The Morgan fingerprint density at radius 1 is 0.493 bits per heavy atom. The van der Waals surface area contributed by atoms with Crippen molar-refractivity contribution in [2.75, 3.05) is 88.0 Å². The van der Waals surface area contributed by atoms with Crippen molar-refractivity contribution in [1.82, 2.24) is 63.4 Å². The third kappa shape index (κ3) is 29.5. The summed E-state index contributed by atoms with van der Waals surface area (Å²) in [6, 6.07) is 50.7. The smallest absolute Gasteiger partial charge is 0.410 e. The largest absolute Gasteiger partial charge is 1.00 e. The van der Waals surface area contributed by atoms with Gasteiger partial charge in [0.15, 0.2) is 11.3 Å². The van der Waals surface area contributed by atoms with E-state index in [1.54, 1.807) is 87.8 Å². The van der Waals surface area contributed by atoms with Gasteiger partial charge in [0.2, 0.25) is 17.1 Å². The normalized spacial score (nSPS) is 18.9. The molecule has 11 heterocycles. The van der Waals surface area contributed by atoms with Crippen LogP contribution in [0.4, 0.5) is 58.1 Å². The number of nitrogens with zero attached hydrogens (tertiary/aromatic N) is 13. The van der Waals surface area contributed by atoms with Crippen LogP contribution in [0.5, 0.6) is 0 Å². The molecule has 0 spiro atoms. The molecule has 16 rings (SSSR count). The zero-order valence-corrected chi connectivity index (χ0v) is 86.1. The number of aromatic amines is 1. The summed E-state index contributed by atoms with van der Waals surface area (Å²) in [4.78, 5) is 95.3. The number of rotatable bonds is 25. The molecule has 6 amide bonds. The first-order valence-corrected chi connectivity index (χ1v) is 50.5. The highest BCUT2D eigenvalue weighted by Gasteiger charge is 2.41. The number of benzene rings is 5. The first kappa shape index (κ1) is 110. The monoisotopic (exact) mass is 2090 g/mol. The Hall–Kier alpha value is -13.8. The van der Waals surface area contributed by atoms with Crippen molar-refractivity contribution in [3.05, 3.63) is 258 Å². The van der Waals surface area contributed by atoms with Gasteiger partial charge in [0.05, 0.1) is 52.6 Å². The molecule has 38 heteroatoms. The minimum absolute atomic E-state index is 0. The van der Waals surface area contributed by atoms with Crippen molar-refractivity contribution in [3.8, 4) is 6.26 Å². The average molecular weight is 2090 g/mol.